The smallest absolute Gasteiger partial charge is 0.221 e. The van der Waals surface area contributed by atoms with E-state index in [2.05, 4.69) is 15.6 Å². The van der Waals surface area contributed by atoms with E-state index in [0.717, 1.165) is 11.6 Å². The van der Waals surface area contributed by atoms with Gasteiger partial charge in [0.25, 0.3) is 0 Å². The van der Waals surface area contributed by atoms with Crippen LogP contribution < -0.4 is 15.5 Å². The molecule has 0 aliphatic rings. The average Bonchev–Trinajstić information content (AvgIpc) is 2.64. The van der Waals surface area contributed by atoms with Crippen LogP contribution >= 0.6 is 0 Å². The van der Waals surface area contributed by atoms with Crippen molar-refractivity contribution in [1.82, 2.24) is 20.2 Å². The van der Waals surface area contributed by atoms with Crippen LogP contribution in [0, 0.1) is 0 Å². The minimum absolute atomic E-state index is 0.0731. The minimum Gasteiger partial charge on any atom is -0.351 e. The molecule has 6 nitrogen and oxygen atoms in total. The highest BCUT2D eigenvalue weighted by Crippen LogP contribution is 2.10. The third kappa shape index (κ3) is 5.21. The van der Waals surface area contributed by atoms with Gasteiger partial charge in [0.1, 0.15) is 0 Å². The van der Waals surface area contributed by atoms with Crippen molar-refractivity contribution in [2.24, 2.45) is 7.05 Å². The van der Waals surface area contributed by atoms with Crippen LogP contribution in [0.25, 0.3) is 0 Å². The molecule has 0 saturated carbocycles. The van der Waals surface area contributed by atoms with Crippen LogP contribution in [-0.4, -0.2) is 41.6 Å². The second kappa shape index (κ2) is 6.74. The maximum Gasteiger partial charge on any atom is 0.221 e. The molecule has 0 spiro atoms. The summed E-state index contributed by atoms with van der Waals surface area (Å²) < 4.78 is 2.04. The van der Waals surface area contributed by atoms with Gasteiger partial charge >= 0.3 is 0 Å². The highest BCUT2D eigenvalue weighted by Gasteiger charge is 2.13. The largest absolute Gasteiger partial charge is 0.351 e. The molecule has 0 aliphatic heterocycles. The Morgan fingerprint density at radius 1 is 1.40 bits per heavy atom. The quantitative estimate of drug-likeness (QED) is 0.760. The summed E-state index contributed by atoms with van der Waals surface area (Å²) in [5.41, 5.74) is 0.935. The van der Waals surface area contributed by atoms with Crippen molar-refractivity contribution in [1.29, 1.82) is 0 Å². The Morgan fingerprint density at radius 2 is 2.05 bits per heavy atom. The van der Waals surface area contributed by atoms with Gasteiger partial charge in [-0.1, -0.05) is 0 Å². The zero-order valence-electron chi connectivity index (χ0n) is 13.4. The molecule has 1 aromatic heterocycles. The van der Waals surface area contributed by atoms with Crippen LogP contribution in [0.2, 0.25) is 0 Å². The molecule has 1 aromatic rings. The molecule has 0 fully saturated rings. The van der Waals surface area contributed by atoms with Crippen LogP contribution in [-0.2, 0) is 18.4 Å². The lowest BCUT2D eigenvalue weighted by molar-refractivity contribution is -0.122. The number of carbonyl (C=O) groups is 1. The summed E-state index contributed by atoms with van der Waals surface area (Å²) in [4.78, 5) is 18.0. The van der Waals surface area contributed by atoms with Gasteiger partial charge in [0.2, 0.25) is 11.9 Å². The van der Waals surface area contributed by atoms with Crippen LogP contribution in [0.5, 0.6) is 0 Å². The number of hydrogen-bond donors (Lipinski definition) is 2. The normalized spacial score (nSPS) is 11.5. The van der Waals surface area contributed by atoms with Crippen molar-refractivity contribution in [3.63, 3.8) is 0 Å². The first-order chi connectivity index (χ1) is 9.20. The number of carbonyl (C=O) groups excluding carboxylic acids is 1. The Bertz CT molecular complexity index is 445. The number of rotatable bonds is 6. The molecule has 0 saturated heterocycles. The van der Waals surface area contributed by atoms with Gasteiger partial charge < -0.3 is 20.1 Å². The fourth-order valence-corrected chi connectivity index (χ4v) is 1.91. The molecular weight excluding hydrogens is 254 g/mol. The zero-order valence-corrected chi connectivity index (χ0v) is 13.4. The van der Waals surface area contributed by atoms with Crippen LogP contribution in [0.4, 0.5) is 5.95 Å². The van der Waals surface area contributed by atoms with E-state index >= 15 is 0 Å². The van der Waals surface area contributed by atoms with Crippen LogP contribution in [0.15, 0.2) is 6.20 Å². The van der Waals surface area contributed by atoms with Crippen molar-refractivity contribution in [2.75, 3.05) is 25.5 Å². The maximum absolute atomic E-state index is 11.7. The van der Waals surface area contributed by atoms with Gasteiger partial charge in [0.05, 0.1) is 11.9 Å². The first kappa shape index (κ1) is 16.5. The maximum atomic E-state index is 11.7. The van der Waals surface area contributed by atoms with Gasteiger partial charge in [-0.15, -0.1) is 0 Å². The molecule has 0 radical (unpaired) electrons. The van der Waals surface area contributed by atoms with Gasteiger partial charge in [-0.2, -0.15) is 0 Å². The van der Waals surface area contributed by atoms with Gasteiger partial charge in [0.15, 0.2) is 0 Å². The third-order valence-corrected chi connectivity index (χ3v) is 2.81. The van der Waals surface area contributed by atoms with E-state index < -0.39 is 0 Å². The molecule has 1 heterocycles. The molecule has 20 heavy (non-hydrogen) atoms. The first-order valence-electron chi connectivity index (χ1n) is 6.90. The Labute approximate surface area is 121 Å². The predicted molar refractivity (Wildman–Crippen MR) is 81.8 cm³/mol. The van der Waals surface area contributed by atoms with E-state index in [9.17, 15) is 4.79 Å². The monoisotopic (exact) mass is 281 g/mol. The van der Waals surface area contributed by atoms with E-state index in [0.29, 0.717) is 19.5 Å². The number of anilines is 1. The SMILES string of the molecule is CN(C)c1ncc(CNCCC(=O)NC(C)(C)C)n1C. The standard InChI is InChI=1S/C14H27N5O/c1-14(2,3)17-12(20)7-8-15-9-11-10-16-13(18(4)5)19(11)6/h10,15H,7-9H2,1-6H3,(H,17,20). The number of hydrogen-bond acceptors (Lipinski definition) is 4. The summed E-state index contributed by atoms with van der Waals surface area (Å²) in [6.07, 6.45) is 2.34. The van der Waals surface area contributed by atoms with Crippen LogP contribution in [0.1, 0.15) is 32.9 Å². The summed E-state index contributed by atoms with van der Waals surface area (Å²) in [6, 6.07) is 0. The topological polar surface area (TPSA) is 62.2 Å². The Hall–Kier alpha value is -1.56. The van der Waals surface area contributed by atoms with E-state index in [1.807, 2.05) is 57.6 Å². The zero-order chi connectivity index (χ0) is 15.3. The molecule has 0 bridgehead atoms. The molecule has 114 valence electrons. The third-order valence-electron chi connectivity index (χ3n) is 2.81. The molecule has 6 heteroatoms. The van der Waals surface area contributed by atoms with Crippen molar-refractivity contribution < 1.29 is 4.79 Å². The molecule has 0 unspecified atom stereocenters. The van der Waals surface area contributed by atoms with Gasteiger partial charge in [0, 0.05) is 46.2 Å². The van der Waals surface area contributed by atoms with Gasteiger partial charge in [-0.05, 0) is 20.8 Å². The number of amides is 1. The number of nitrogens with one attached hydrogen (secondary N) is 2. The summed E-state index contributed by atoms with van der Waals surface area (Å²) in [6.45, 7) is 7.31. The van der Waals surface area contributed by atoms with E-state index in [1.165, 1.54) is 0 Å². The molecule has 0 atom stereocenters. The molecule has 1 rings (SSSR count). The summed E-state index contributed by atoms with van der Waals surface area (Å²) in [7, 11) is 5.93. The van der Waals surface area contributed by atoms with Crippen LogP contribution in [0.3, 0.4) is 0 Å². The summed E-state index contributed by atoms with van der Waals surface area (Å²) in [5, 5.41) is 6.22. The summed E-state index contributed by atoms with van der Waals surface area (Å²) in [5.74, 6) is 0.997. The Balaban J connectivity index is 2.33. The fraction of sp³-hybridized carbons (Fsp3) is 0.714. The van der Waals surface area contributed by atoms with Gasteiger partial charge in [-0.3, -0.25) is 4.79 Å². The lowest BCUT2D eigenvalue weighted by atomic mass is 10.1. The van der Waals surface area contributed by atoms with Crippen molar-refractivity contribution in [3.05, 3.63) is 11.9 Å². The highest BCUT2D eigenvalue weighted by molar-refractivity contribution is 5.76. The lowest BCUT2D eigenvalue weighted by Crippen LogP contribution is -2.41. The minimum atomic E-state index is -0.167. The van der Waals surface area contributed by atoms with Crippen molar-refractivity contribution >= 4 is 11.9 Å². The van der Waals surface area contributed by atoms with E-state index in [1.54, 1.807) is 0 Å². The van der Waals surface area contributed by atoms with Crippen molar-refractivity contribution in [2.45, 2.75) is 39.3 Å². The molecule has 0 aromatic carbocycles. The number of aromatic nitrogens is 2. The molecule has 1 amide bonds. The van der Waals surface area contributed by atoms with Crippen molar-refractivity contribution in [3.8, 4) is 0 Å². The highest BCUT2D eigenvalue weighted by atomic mass is 16.1. The Kier molecular flexibility index (Phi) is 5.56. The Morgan fingerprint density at radius 3 is 2.55 bits per heavy atom. The van der Waals surface area contributed by atoms with Gasteiger partial charge in [-0.25, -0.2) is 4.98 Å². The second-order valence-corrected chi connectivity index (χ2v) is 6.23. The summed E-state index contributed by atoms with van der Waals surface area (Å²) >= 11 is 0. The lowest BCUT2D eigenvalue weighted by Gasteiger charge is -2.20. The molecular formula is C14H27N5O. The number of imidazole rings is 1. The van der Waals surface area contributed by atoms with E-state index in [4.69, 9.17) is 0 Å². The molecule has 0 aliphatic carbocycles. The first-order valence-corrected chi connectivity index (χ1v) is 6.90. The van der Waals surface area contributed by atoms with E-state index in [-0.39, 0.29) is 11.4 Å². The fourth-order valence-electron chi connectivity index (χ4n) is 1.91. The predicted octanol–water partition coefficient (Wildman–Crippen LogP) is 0.881. The number of nitrogens with zero attached hydrogens (tertiary/aromatic N) is 3. The average molecular weight is 281 g/mol. The molecule has 2 N–H and O–H groups in total. The second-order valence-electron chi connectivity index (χ2n) is 6.23.